The first-order chi connectivity index (χ1) is 13.4. The number of hydrogen-bond donors (Lipinski definition) is 1. The molecule has 1 aliphatic heterocycles. The van der Waals surface area contributed by atoms with Crippen LogP contribution in [0.4, 0.5) is 4.39 Å². The predicted molar refractivity (Wildman–Crippen MR) is 109 cm³/mol. The van der Waals surface area contributed by atoms with E-state index in [1.165, 1.54) is 22.7 Å². The number of carbonyl (C=O) groups is 1. The number of amides is 1. The molecule has 1 saturated heterocycles. The number of aromatic amines is 1. The van der Waals surface area contributed by atoms with E-state index in [0.29, 0.717) is 18.8 Å². The third-order valence-electron chi connectivity index (χ3n) is 5.82. The van der Waals surface area contributed by atoms with Gasteiger partial charge in [0.05, 0.1) is 5.69 Å². The number of fused-ring (bicyclic) bond motifs is 2. The lowest BCUT2D eigenvalue weighted by Gasteiger charge is -2.16. The second kappa shape index (κ2) is 6.17. The van der Waals surface area contributed by atoms with Gasteiger partial charge in [-0.15, -0.1) is 11.3 Å². The number of hydrogen-bond acceptors (Lipinski definition) is 3. The monoisotopic (exact) mass is 396 g/mol. The van der Waals surface area contributed by atoms with Crippen molar-refractivity contribution >= 4 is 33.0 Å². The molecule has 7 heteroatoms. The summed E-state index contributed by atoms with van der Waals surface area (Å²) < 4.78 is 15.8. The van der Waals surface area contributed by atoms with Gasteiger partial charge in [-0.2, -0.15) is 0 Å². The molecule has 1 atom stereocenters. The van der Waals surface area contributed by atoms with Crippen LogP contribution < -0.4 is 0 Å². The Balaban J connectivity index is 1.44. The minimum absolute atomic E-state index is 0.0221. The van der Waals surface area contributed by atoms with Crippen LogP contribution in [0.3, 0.4) is 0 Å². The summed E-state index contributed by atoms with van der Waals surface area (Å²) >= 11 is 1.72. The van der Waals surface area contributed by atoms with Crippen LogP contribution in [0.5, 0.6) is 0 Å². The molecule has 0 radical (unpaired) electrons. The third kappa shape index (κ3) is 2.49. The average Bonchev–Trinajstić information content (AvgIpc) is 3.42. The topological polar surface area (TPSA) is 53.4 Å². The van der Waals surface area contributed by atoms with Gasteiger partial charge in [0, 0.05) is 41.0 Å². The van der Waals surface area contributed by atoms with E-state index in [0.717, 1.165) is 34.4 Å². The lowest BCUT2D eigenvalue weighted by molar-refractivity contribution is 0.0785. The van der Waals surface area contributed by atoms with Crippen molar-refractivity contribution in [3.8, 4) is 0 Å². The van der Waals surface area contributed by atoms with Crippen molar-refractivity contribution in [2.75, 3.05) is 13.1 Å². The Labute approximate surface area is 165 Å². The molecule has 4 heterocycles. The molecular weight excluding hydrogens is 375 g/mol. The van der Waals surface area contributed by atoms with Crippen LogP contribution in [0.1, 0.15) is 45.6 Å². The lowest BCUT2D eigenvalue weighted by atomic mass is 10.1. The third-order valence-corrected chi connectivity index (χ3v) is 6.89. The number of thiazole rings is 1. The van der Waals surface area contributed by atoms with Crippen molar-refractivity contribution in [3.05, 3.63) is 57.9 Å². The van der Waals surface area contributed by atoms with E-state index in [9.17, 15) is 9.18 Å². The Morgan fingerprint density at radius 2 is 2.14 bits per heavy atom. The van der Waals surface area contributed by atoms with E-state index in [4.69, 9.17) is 4.98 Å². The van der Waals surface area contributed by atoms with Gasteiger partial charge in [-0.05, 0) is 51.0 Å². The number of likely N-dealkylation sites (tertiary alicyclic amines) is 1. The van der Waals surface area contributed by atoms with Crippen molar-refractivity contribution in [3.63, 3.8) is 0 Å². The molecule has 28 heavy (non-hydrogen) atoms. The lowest BCUT2D eigenvalue weighted by Crippen LogP contribution is -2.29. The van der Waals surface area contributed by atoms with Crippen molar-refractivity contribution in [1.82, 2.24) is 19.3 Å². The Bertz CT molecular complexity index is 1230. The number of H-pyrrole nitrogens is 1. The maximum absolute atomic E-state index is 13.6. The first-order valence-electron chi connectivity index (χ1n) is 9.44. The van der Waals surface area contributed by atoms with Crippen LogP contribution in [-0.4, -0.2) is 38.3 Å². The first-order valence-corrected chi connectivity index (χ1v) is 10.3. The highest BCUT2D eigenvalue weighted by molar-refractivity contribution is 7.15. The fraction of sp³-hybridized carbons (Fsp3) is 0.333. The second-order valence-electron chi connectivity index (χ2n) is 7.61. The van der Waals surface area contributed by atoms with Crippen molar-refractivity contribution < 1.29 is 9.18 Å². The summed E-state index contributed by atoms with van der Waals surface area (Å²) in [5, 5.41) is 2.91. The minimum atomic E-state index is -0.291. The van der Waals surface area contributed by atoms with Crippen LogP contribution >= 0.6 is 11.3 Å². The second-order valence-corrected chi connectivity index (χ2v) is 8.47. The summed E-state index contributed by atoms with van der Waals surface area (Å²) in [6.07, 6.45) is 0.905. The number of rotatable bonds is 2. The number of carbonyl (C=O) groups excluding carboxylic acids is 1. The van der Waals surface area contributed by atoms with Crippen molar-refractivity contribution in [1.29, 1.82) is 0 Å². The zero-order chi connectivity index (χ0) is 19.6. The molecule has 1 aromatic carbocycles. The average molecular weight is 396 g/mol. The molecule has 1 N–H and O–H groups in total. The van der Waals surface area contributed by atoms with Crippen molar-refractivity contribution in [2.45, 2.75) is 33.1 Å². The van der Waals surface area contributed by atoms with E-state index in [-0.39, 0.29) is 17.6 Å². The molecule has 0 bridgehead atoms. The van der Waals surface area contributed by atoms with Crippen LogP contribution in [0.2, 0.25) is 0 Å². The molecule has 1 unspecified atom stereocenters. The van der Waals surface area contributed by atoms with Crippen LogP contribution in [0.15, 0.2) is 23.6 Å². The quantitative estimate of drug-likeness (QED) is 0.540. The standard InChI is InChI=1S/C21H21FN4OS/c1-11-10-28-21-19(23-13(3)26(11)21)14-6-7-25(9-14)20(27)18-12(2)16-8-15(22)4-5-17(16)24-18/h4-5,8,10,14,24H,6-7,9H2,1-3H3. The van der Waals surface area contributed by atoms with Gasteiger partial charge < -0.3 is 9.88 Å². The van der Waals surface area contributed by atoms with Crippen LogP contribution in [0.25, 0.3) is 15.7 Å². The van der Waals surface area contributed by atoms with E-state index in [1.807, 2.05) is 18.7 Å². The van der Waals surface area contributed by atoms with Gasteiger partial charge in [0.2, 0.25) is 0 Å². The fourth-order valence-corrected chi connectivity index (χ4v) is 5.46. The van der Waals surface area contributed by atoms with E-state index in [1.54, 1.807) is 17.4 Å². The maximum Gasteiger partial charge on any atom is 0.270 e. The summed E-state index contributed by atoms with van der Waals surface area (Å²) in [5.41, 5.74) is 4.44. The summed E-state index contributed by atoms with van der Waals surface area (Å²) in [5.74, 6) is 0.932. The number of nitrogens with zero attached hydrogens (tertiary/aromatic N) is 3. The number of halogens is 1. The highest BCUT2D eigenvalue weighted by Crippen LogP contribution is 2.34. The zero-order valence-electron chi connectivity index (χ0n) is 16.0. The summed E-state index contributed by atoms with van der Waals surface area (Å²) in [6.45, 7) is 7.35. The SMILES string of the molecule is Cc1c(C(=O)N2CCC(c3nc(C)n4c(C)csc34)C2)[nH]c2ccc(F)cc12. The summed E-state index contributed by atoms with van der Waals surface area (Å²) in [6, 6.07) is 4.58. The Kier molecular flexibility index (Phi) is 3.84. The van der Waals surface area contributed by atoms with Gasteiger partial charge in [-0.1, -0.05) is 0 Å². The van der Waals surface area contributed by atoms with E-state index < -0.39 is 0 Å². The van der Waals surface area contributed by atoms with Crippen LogP contribution in [0, 0.1) is 26.6 Å². The minimum Gasteiger partial charge on any atom is -0.350 e. The van der Waals surface area contributed by atoms with Gasteiger partial charge in [0.15, 0.2) is 0 Å². The highest BCUT2D eigenvalue weighted by Gasteiger charge is 2.32. The van der Waals surface area contributed by atoms with Gasteiger partial charge in [-0.3, -0.25) is 9.20 Å². The van der Waals surface area contributed by atoms with Gasteiger partial charge in [-0.25, -0.2) is 9.37 Å². The molecule has 0 saturated carbocycles. The predicted octanol–water partition coefficient (Wildman–Crippen LogP) is 4.57. The largest absolute Gasteiger partial charge is 0.350 e. The molecule has 3 aromatic heterocycles. The molecule has 144 valence electrons. The molecular formula is C21H21FN4OS. The van der Waals surface area contributed by atoms with Gasteiger partial charge >= 0.3 is 0 Å². The van der Waals surface area contributed by atoms with Gasteiger partial charge in [0.25, 0.3) is 5.91 Å². The molecule has 0 spiro atoms. The smallest absolute Gasteiger partial charge is 0.270 e. The van der Waals surface area contributed by atoms with E-state index >= 15 is 0 Å². The Morgan fingerprint density at radius 3 is 2.96 bits per heavy atom. The summed E-state index contributed by atoms with van der Waals surface area (Å²) in [7, 11) is 0. The molecule has 4 aromatic rings. The molecule has 1 amide bonds. The number of aryl methyl sites for hydroxylation is 3. The molecule has 5 nitrogen and oxygen atoms in total. The summed E-state index contributed by atoms with van der Waals surface area (Å²) in [4.78, 5) is 24.2. The number of aromatic nitrogens is 3. The molecule has 0 aliphatic carbocycles. The zero-order valence-corrected chi connectivity index (χ0v) is 16.9. The number of imidazole rings is 1. The van der Waals surface area contributed by atoms with E-state index in [2.05, 4.69) is 21.7 Å². The van der Waals surface area contributed by atoms with Crippen LogP contribution in [-0.2, 0) is 0 Å². The maximum atomic E-state index is 13.6. The fourth-order valence-electron chi connectivity index (χ4n) is 4.36. The highest BCUT2D eigenvalue weighted by atomic mass is 32.1. The molecule has 1 fully saturated rings. The Hall–Kier alpha value is -2.67. The number of nitrogens with one attached hydrogen (secondary N) is 1. The Morgan fingerprint density at radius 1 is 1.32 bits per heavy atom. The van der Waals surface area contributed by atoms with Gasteiger partial charge in [0.1, 0.15) is 22.2 Å². The van der Waals surface area contributed by atoms with Crippen molar-refractivity contribution in [2.24, 2.45) is 0 Å². The first kappa shape index (κ1) is 17.4. The normalized spacial score (nSPS) is 17.3. The molecule has 5 rings (SSSR count). The number of benzene rings is 1. The molecule has 1 aliphatic rings.